The van der Waals surface area contributed by atoms with Gasteiger partial charge in [-0.1, -0.05) is 180 Å². The average Bonchev–Trinajstić information content (AvgIpc) is 0.760. The summed E-state index contributed by atoms with van der Waals surface area (Å²) in [4.78, 5) is 40.5. The lowest BCUT2D eigenvalue weighted by molar-refractivity contribution is -0.398. The quantitative estimate of drug-likeness (QED) is 0.0201. The molecule has 0 radical (unpaired) electrons. The van der Waals surface area contributed by atoms with Crippen molar-refractivity contribution in [3.05, 3.63) is 12.2 Å². The van der Waals surface area contributed by atoms with Gasteiger partial charge in [-0.05, 0) is 33.1 Å². The first-order valence-electron chi connectivity index (χ1n) is 47.7. The Labute approximate surface area is 770 Å². The molecular weight excluding hydrogens is 1750 g/mol. The maximum absolute atomic E-state index is 13.7. The molecular formula is C88H157N3O41. The van der Waals surface area contributed by atoms with E-state index in [2.05, 4.69) is 29.8 Å². The van der Waals surface area contributed by atoms with Crippen LogP contribution in [-0.2, 0) is 90.2 Å². The van der Waals surface area contributed by atoms with Crippen LogP contribution in [0.2, 0.25) is 0 Å². The normalized spacial score (nSPS) is 40.4. The van der Waals surface area contributed by atoms with E-state index in [-0.39, 0.29) is 12.3 Å². The Kier molecular flexibility index (Phi) is 50.2. The average molecular weight is 1910 g/mol. The fraction of sp³-hybridized carbons (Fsp3) is 0.943. The molecule has 0 aromatic heterocycles. The molecule has 0 aliphatic carbocycles. The Balaban J connectivity index is 0.994. The minimum absolute atomic E-state index is 0.140. The van der Waals surface area contributed by atoms with Gasteiger partial charge in [-0.15, -0.1) is 0 Å². The summed E-state index contributed by atoms with van der Waals surface area (Å²) in [5, 5.41) is 257. The molecule has 42 atom stereocenters. The monoisotopic (exact) mass is 1910 g/mol. The highest BCUT2D eigenvalue weighted by atomic mass is 16.8. The van der Waals surface area contributed by atoms with Crippen LogP contribution in [0, 0.1) is 0 Å². The fourth-order valence-corrected chi connectivity index (χ4v) is 17.9. The van der Waals surface area contributed by atoms with Crippen LogP contribution in [0.1, 0.15) is 221 Å². The van der Waals surface area contributed by atoms with E-state index in [4.69, 9.17) is 75.8 Å². The van der Waals surface area contributed by atoms with Gasteiger partial charge in [-0.2, -0.15) is 0 Å². The molecule has 0 bridgehead atoms. The highest BCUT2D eigenvalue weighted by molar-refractivity contribution is 5.76. The third-order valence-electron chi connectivity index (χ3n) is 25.9. The maximum atomic E-state index is 13.7. The third-order valence-corrected chi connectivity index (χ3v) is 25.9. The summed E-state index contributed by atoms with van der Waals surface area (Å²) < 4.78 is 96.9. The zero-order chi connectivity index (χ0) is 96.6. The van der Waals surface area contributed by atoms with E-state index in [9.17, 15) is 127 Å². The molecule has 16 unspecified atom stereocenters. The first-order valence-corrected chi connectivity index (χ1v) is 47.7. The summed E-state index contributed by atoms with van der Waals surface area (Å²) in [7, 11) is 0. The maximum Gasteiger partial charge on any atom is 0.220 e. The number of ether oxygens (including phenoxy) is 16. The second-order valence-corrected chi connectivity index (χ2v) is 36.2. The Morgan fingerprint density at radius 3 is 1.08 bits per heavy atom. The number of hydrogen-bond donors (Lipinski definition) is 25. The van der Waals surface area contributed by atoms with E-state index in [0.717, 1.165) is 71.6 Å². The van der Waals surface area contributed by atoms with E-state index >= 15 is 0 Å². The van der Waals surface area contributed by atoms with Crippen molar-refractivity contribution < 1.29 is 203 Å². The lowest BCUT2D eigenvalue weighted by Crippen LogP contribution is -2.72. The molecule has 0 spiro atoms. The number of allylic oxidation sites excluding steroid dienone is 1. The van der Waals surface area contributed by atoms with Crippen LogP contribution < -0.4 is 16.0 Å². The van der Waals surface area contributed by atoms with Gasteiger partial charge in [0.2, 0.25) is 17.7 Å². The molecule has 8 rings (SSSR count). The number of amides is 3. The summed E-state index contributed by atoms with van der Waals surface area (Å²) in [6, 6.07) is -5.09. The van der Waals surface area contributed by atoms with Crippen LogP contribution in [0.15, 0.2) is 12.2 Å². The summed E-state index contributed by atoms with van der Waals surface area (Å²) in [6.45, 7) is 1.83. The van der Waals surface area contributed by atoms with Crippen molar-refractivity contribution in [2.45, 2.75) is 479 Å². The lowest BCUT2D eigenvalue weighted by atomic mass is 9.93. The Hall–Kier alpha value is -3.37. The van der Waals surface area contributed by atoms with Crippen molar-refractivity contribution in [1.29, 1.82) is 0 Å². The van der Waals surface area contributed by atoms with E-state index in [1.54, 1.807) is 6.08 Å². The first-order chi connectivity index (χ1) is 63.2. The molecule has 44 nitrogen and oxygen atoms in total. The Morgan fingerprint density at radius 2 is 0.636 bits per heavy atom. The molecule has 0 saturated carbocycles. The van der Waals surface area contributed by atoms with E-state index in [0.29, 0.717) is 12.8 Å². The van der Waals surface area contributed by atoms with E-state index < -0.39 is 316 Å². The topological polar surface area (TPSA) is 680 Å². The SMILES string of the molecule is CCCCCCCCCCCCC/C=C/[C@@H](O)[C@H](CO[C@@H]1OC(CO)[C@@H](O[C@@H]2OC(CO)[C@H](O)[C@H](O[C@@H]3OC(CO)[C@@H](O[C@H]4OC(C)[C@@H](O)C(O)[C@@H]4O)[C@H](O[C@@H]4OC(CO)[C@H](O)[C@H](O[C@@H]5OC(CO)[C@@H](O[C@@H]6OC(CO)[C@H](O)[C@H](O)C6O[C@H]6OC(C)[C@@H](O)C(O)[C@@H]6O)[C@H](O)C5NC(C)=O)C4O)C3NC(C)=O)C2O)[C@H](O)C1O)NC(=O)CCCCCCCCCCCCCCCCC. The van der Waals surface area contributed by atoms with Crippen LogP contribution in [0.5, 0.6) is 0 Å². The molecule has 8 fully saturated rings. The van der Waals surface area contributed by atoms with Gasteiger partial charge in [0.1, 0.15) is 183 Å². The van der Waals surface area contributed by atoms with Gasteiger partial charge in [-0.25, -0.2) is 0 Å². The van der Waals surface area contributed by atoms with Gasteiger partial charge in [-0.3, -0.25) is 14.4 Å². The van der Waals surface area contributed by atoms with Gasteiger partial charge in [0.15, 0.2) is 50.3 Å². The Morgan fingerprint density at radius 1 is 0.311 bits per heavy atom. The smallest absolute Gasteiger partial charge is 0.220 e. The summed E-state index contributed by atoms with van der Waals surface area (Å²) in [5.74, 6) is -2.29. The molecule has 0 aromatic carbocycles. The zero-order valence-corrected chi connectivity index (χ0v) is 76.7. The second-order valence-electron chi connectivity index (χ2n) is 36.2. The molecule has 8 aliphatic heterocycles. The largest absolute Gasteiger partial charge is 0.394 e. The molecule has 8 saturated heterocycles. The number of nitrogens with one attached hydrogen (secondary N) is 3. The van der Waals surface area contributed by atoms with Crippen LogP contribution in [0.4, 0.5) is 0 Å². The highest BCUT2D eigenvalue weighted by Crippen LogP contribution is 2.41. The molecule has 44 heteroatoms. The van der Waals surface area contributed by atoms with Gasteiger partial charge < -0.3 is 204 Å². The van der Waals surface area contributed by atoms with Gasteiger partial charge in [0.25, 0.3) is 0 Å². The molecule has 8 aliphatic rings. The van der Waals surface area contributed by atoms with E-state index in [1.165, 1.54) is 117 Å². The van der Waals surface area contributed by atoms with Crippen LogP contribution in [0.25, 0.3) is 0 Å². The summed E-state index contributed by atoms with van der Waals surface area (Å²) >= 11 is 0. The molecule has 770 valence electrons. The number of rotatable bonds is 56. The van der Waals surface area contributed by atoms with Crippen LogP contribution in [0.3, 0.4) is 0 Å². The summed E-state index contributed by atoms with van der Waals surface area (Å²) in [5.41, 5.74) is 0. The minimum Gasteiger partial charge on any atom is -0.394 e. The van der Waals surface area contributed by atoms with Gasteiger partial charge in [0.05, 0.1) is 70.6 Å². The standard InChI is InChI=1S/C88H157N3O41/c1-7-9-11-13-15-17-19-21-22-24-26-28-30-32-34-36-56(101)91-48(49(100)35-33-31-29-27-25-23-20-18-16-14-12-10-8-2)43-117-83-71(114)68(111)75(54(41-96)125-83)126-86-72(115)79(63(106)51(38-93)120-86)131-82-58(90-47(6)99)77(76(55(42-97)124-82)128-84-69(112)65(108)59(102)44(3)118-84)129-87-73(116)78(62(105)52(39-94)121-87)130-81-57(89-46(5)98)64(107)74(53(40-95)123-81)127-88-80(67(110)61(104)50(37-92)122-88)132-85-70(113)66(109)60(103)45(4)119-85/h33,35,44-45,48-55,57-88,92-97,100,102-116H,7-32,34,36-43H2,1-6H3,(H,89,98)(H,90,99)(H,91,101)/b35-33+/t44?,45?,48-,49+,50?,51?,52?,53?,54?,55?,57?,58?,59+,60+,61-,62-,63-,64+,65?,66?,67-,68+,69-,70-,71?,72?,73?,74+,75+,76+,77+,78-,79-,80?,81-,82-,83+,84+,85+,86-,87-,88-/m0/s1. The van der Waals surface area contributed by atoms with Crippen molar-refractivity contribution in [3.8, 4) is 0 Å². The highest BCUT2D eigenvalue weighted by Gasteiger charge is 2.61. The number of unbranched alkanes of at least 4 members (excludes halogenated alkanes) is 25. The van der Waals surface area contributed by atoms with Crippen molar-refractivity contribution in [2.75, 3.05) is 46.2 Å². The number of hydrogen-bond acceptors (Lipinski definition) is 41. The zero-order valence-electron chi connectivity index (χ0n) is 76.7. The predicted octanol–water partition coefficient (Wildman–Crippen LogP) is -4.72. The van der Waals surface area contributed by atoms with Crippen molar-refractivity contribution in [1.82, 2.24) is 16.0 Å². The first kappa shape index (κ1) is 114. The Bertz CT molecular complexity index is 3230. The number of aliphatic hydroxyl groups excluding tert-OH is 22. The van der Waals surface area contributed by atoms with Crippen LogP contribution >= 0.6 is 0 Å². The van der Waals surface area contributed by atoms with Crippen LogP contribution in [-0.4, -0.2) is 434 Å². The second kappa shape index (κ2) is 58.1. The van der Waals surface area contributed by atoms with E-state index in [1.807, 2.05) is 6.08 Å². The minimum atomic E-state index is -2.46. The van der Waals surface area contributed by atoms with Gasteiger partial charge >= 0.3 is 0 Å². The third kappa shape index (κ3) is 32.1. The lowest BCUT2D eigenvalue weighted by Gasteiger charge is -2.52. The molecule has 8 heterocycles. The summed E-state index contributed by atoms with van der Waals surface area (Å²) in [6.07, 6.45) is -43.1. The molecule has 0 aromatic rings. The number of carbonyl (C=O) groups is 3. The van der Waals surface area contributed by atoms with Crippen molar-refractivity contribution in [2.24, 2.45) is 0 Å². The molecule has 3 amide bonds. The number of carbonyl (C=O) groups excluding carboxylic acids is 3. The predicted molar refractivity (Wildman–Crippen MR) is 456 cm³/mol. The van der Waals surface area contributed by atoms with Gasteiger partial charge in [0, 0.05) is 20.3 Å². The number of aliphatic hydroxyl groups is 22. The fourth-order valence-electron chi connectivity index (χ4n) is 17.9. The van der Waals surface area contributed by atoms with Crippen molar-refractivity contribution in [3.63, 3.8) is 0 Å². The van der Waals surface area contributed by atoms with Crippen molar-refractivity contribution >= 4 is 17.7 Å². The molecule has 132 heavy (non-hydrogen) atoms. The molecule has 25 N–H and O–H groups in total.